The lowest BCUT2D eigenvalue weighted by molar-refractivity contribution is 0.807. The first-order valence-corrected chi connectivity index (χ1v) is 10.3. The summed E-state index contributed by atoms with van der Waals surface area (Å²) in [5.74, 6) is 0.335. The minimum absolute atomic E-state index is 0.335. The van der Waals surface area contributed by atoms with Crippen LogP contribution in [0, 0.1) is 6.92 Å². The van der Waals surface area contributed by atoms with E-state index in [-0.39, 0.29) is 0 Å². The zero-order chi connectivity index (χ0) is 19.6. The topological polar surface area (TPSA) is 0 Å². The molecule has 0 spiro atoms. The molecule has 140 valence electrons. The molecule has 0 unspecified atom stereocenters. The number of hydrogen-bond acceptors (Lipinski definition) is 0. The molecule has 0 N–H and O–H groups in total. The summed E-state index contributed by atoms with van der Waals surface area (Å²) in [7, 11) is 0. The molecule has 0 heteroatoms. The second kappa shape index (κ2) is 7.56. The molecule has 0 aromatic heterocycles. The van der Waals surface area contributed by atoms with E-state index < -0.39 is 0 Å². The van der Waals surface area contributed by atoms with Crippen LogP contribution in [-0.4, -0.2) is 0 Å². The first-order chi connectivity index (χ1) is 14.3. The maximum Gasteiger partial charge on any atom is 0.0130 e. The van der Waals surface area contributed by atoms with Crippen LogP contribution in [0.3, 0.4) is 0 Å². The van der Waals surface area contributed by atoms with Crippen molar-refractivity contribution in [2.75, 3.05) is 0 Å². The minimum atomic E-state index is 0.335. The van der Waals surface area contributed by atoms with E-state index in [0.717, 1.165) is 6.42 Å². The molecule has 0 radical (unpaired) electrons. The maximum atomic E-state index is 2.36. The van der Waals surface area contributed by atoms with E-state index in [4.69, 9.17) is 0 Å². The Hall–Kier alpha value is -3.38. The molecule has 1 atom stereocenters. The molecule has 0 aliphatic carbocycles. The van der Waals surface area contributed by atoms with Crippen molar-refractivity contribution in [3.63, 3.8) is 0 Å². The monoisotopic (exact) mass is 372 g/mol. The third-order valence-electron chi connectivity index (χ3n) is 5.91. The Morgan fingerprint density at radius 2 is 1.07 bits per heavy atom. The second-order valence-electron chi connectivity index (χ2n) is 7.96. The fourth-order valence-corrected chi connectivity index (χ4v) is 4.25. The molecule has 0 heterocycles. The normalized spacial score (nSPS) is 12.3. The molecule has 0 saturated carbocycles. The highest BCUT2D eigenvalue weighted by Gasteiger charge is 2.16. The van der Waals surface area contributed by atoms with Crippen LogP contribution in [0.25, 0.3) is 21.5 Å². The van der Waals surface area contributed by atoms with E-state index in [2.05, 4.69) is 116 Å². The first-order valence-electron chi connectivity index (χ1n) is 10.3. The van der Waals surface area contributed by atoms with Crippen LogP contribution in [0.15, 0.2) is 109 Å². The summed E-state index contributed by atoms with van der Waals surface area (Å²) >= 11 is 0. The molecule has 0 bridgehead atoms. The van der Waals surface area contributed by atoms with Gasteiger partial charge in [0.05, 0.1) is 0 Å². The Morgan fingerprint density at radius 1 is 0.517 bits per heavy atom. The maximum absolute atomic E-state index is 2.36. The fraction of sp³-hybridized carbons (Fsp3) is 0.103. The third kappa shape index (κ3) is 3.67. The SMILES string of the molecule is Cc1ccc([C@H](Cc2ccc3ccccc3c2)c2ccc3ccccc3c2)cc1. The van der Waals surface area contributed by atoms with Crippen molar-refractivity contribution < 1.29 is 0 Å². The molecule has 0 saturated heterocycles. The molecular weight excluding hydrogens is 348 g/mol. The molecular formula is C29H24. The third-order valence-corrected chi connectivity index (χ3v) is 5.91. The van der Waals surface area contributed by atoms with E-state index >= 15 is 0 Å². The van der Waals surface area contributed by atoms with E-state index in [1.54, 1.807) is 0 Å². The first kappa shape index (κ1) is 17.7. The van der Waals surface area contributed by atoms with E-state index in [1.807, 2.05) is 0 Å². The largest absolute Gasteiger partial charge is 0.0616 e. The second-order valence-corrected chi connectivity index (χ2v) is 7.96. The van der Waals surface area contributed by atoms with E-state index in [9.17, 15) is 0 Å². The van der Waals surface area contributed by atoms with Gasteiger partial charge in [0.25, 0.3) is 0 Å². The van der Waals surface area contributed by atoms with Crippen molar-refractivity contribution >= 4 is 21.5 Å². The van der Waals surface area contributed by atoms with Gasteiger partial charge in [0.1, 0.15) is 0 Å². The molecule has 0 aliphatic heterocycles. The van der Waals surface area contributed by atoms with Crippen molar-refractivity contribution in [1.82, 2.24) is 0 Å². The Morgan fingerprint density at radius 3 is 1.76 bits per heavy atom. The van der Waals surface area contributed by atoms with Gasteiger partial charge in [-0.1, -0.05) is 115 Å². The van der Waals surface area contributed by atoms with Crippen molar-refractivity contribution in [1.29, 1.82) is 0 Å². The molecule has 29 heavy (non-hydrogen) atoms. The van der Waals surface area contributed by atoms with Gasteiger partial charge in [0, 0.05) is 5.92 Å². The Balaban J connectivity index is 1.59. The lowest BCUT2D eigenvalue weighted by Crippen LogP contribution is -2.05. The van der Waals surface area contributed by atoms with Crippen molar-refractivity contribution in [2.45, 2.75) is 19.3 Å². The highest BCUT2D eigenvalue weighted by atomic mass is 14.2. The van der Waals surface area contributed by atoms with Gasteiger partial charge in [-0.3, -0.25) is 0 Å². The summed E-state index contributed by atoms with van der Waals surface area (Å²) in [6.45, 7) is 2.15. The van der Waals surface area contributed by atoms with Gasteiger partial charge < -0.3 is 0 Å². The van der Waals surface area contributed by atoms with Gasteiger partial charge in [-0.15, -0.1) is 0 Å². The number of fused-ring (bicyclic) bond motifs is 2. The van der Waals surface area contributed by atoms with Crippen LogP contribution in [0.2, 0.25) is 0 Å². The molecule has 0 amide bonds. The van der Waals surface area contributed by atoms with Gasteiger partial charge in [0.2, 0.25) is 0 Å². The average Bonchev–Trinajstić information content (AvgIpc) is 2.78. The predicted molar refractivity (Wildman–Crippen MR) is 125 cm³/mol. The van der Waals surface area contributed by atoms with Crippen LogP contribution in [0.1, 0.15) is 28.2 Å². The predicted octanol–water partition coefficient (Wildman–Crippen LogP) is 7.68. The summed E-state index contributed by atoms with van der Waals surface area (Å²) in [6.07, 6.45) is 0.992. The molecule has 5 rings (SSSR count). The smallest absolute Gasteiger partial charge is 0.0130 e. The molecule has 0 nitrogen and oxygen atoms in total. The van der Waals surface area contributed by atoms with Crippen molar-refractivity contribution in [2.24, 2.45) is 0 Å². The van der Waals surface area contributed by atoms with Gasteiger partial charge in [-0.2, -0.15) is 0 Å². The summed E-state index contributed by atoms with van der Waals surface area (Å²) in [4.78, 5) is 0. The average molecular weight is 373 g/mol. The number of hydrogen-bond donors (Lipinski definition) is 0. The number of rotatable bonds is 4. The Bertz CT molecular complexity index is 1280. The van der Waals surface area contributed by atoms with Gasteiger partial charge in [-0.05, 0) is 51.6 Å². The van der Waals surface area contributed by atoms with Crippen LogP contribution < -0.4 is 0 Å². The zero-order valence-electron chi connectivity index (χ0n) is 16.7. The number of benzene rings is 5. The number of aryl methyl sites for hydroxylation is 1. The van der Waals surface area contributed by atoms with Crippen LogP contribution >= 0.6 is 0 Å². The summed E-state index contributed by atoms with van der Waals surface area (Å²) in [5, 5.41) is 5.21. The Kier molecular flexibility index (Phi) is 4.62. The minimum Gasteiger partial charge on any atom is -0.0616 e. The molecule has 5 aromatic rings. The van der Waals surface area contributed by atoms with Crippen LogP contribution in [0.4, 0.5) is 0 Å². The quantitative estimate of drug-likeness (QED) is 0.303. The van der Waals surface area contributed by atoms with Crippen molar-refractivity contribution in [3.05, 3.63) is 131 Å². The van der Waals surface area contributed by atoms with Gasteiger partial charge >= 0.3 is 0 Å². The van der Waals surface area contributed by atoms with E-state index in [0.29, 0.717) is 5.92 Å². The van der Waals surface area contributed by atoms with Gasteiger partial charge in [0.15, 0.2) is 0 Å². The summed E-state index contributed by atoms with van der Waals surface area (Å²) in [5.41, 5.74) is 5.43. The summed E-state index contributed by atoms with van der Waals surface area (Å²) < 4.78 is 0. The summed E-state index contributed by atoms with van der Waals surface area (Å²) in [6, 6.07) is 40.0. The molecule has 0 fully saturated rings. The van der Waals surface area contributed by atoms with Gasteiger partial charge in [-0.25, -0.2) is 0 Å². The lowest BCUT2D eigenvalue weighted by Gasteiger charge is -2.20. The fourth-order valence-electron chi connectivity index (χ4n) is 4.25. The van der Waals surface area contributed by atoms with Crippen LogP contribution in [-0.2, 0) is 6.42 Å². The standard InChI is InChI=1S/C29H24/c1-21-10-13-25(14-11-21)29(28-17-16-24-7-3-5-9-27(24)20-28)19-22-12-15-23-6-2-4-8-26(23)18-22/h2-18,20,29H,19H2,1H3/t29-/m0/s1. The van der Waals surface area contributed by atoms with Crippen LogP contribution in [0.5, 0.6) is 0 Å². The van der Waals surface area contributed by atoms with E-state index in [1.165, 1.54) is 43.8 Å². The Labute approximate surface area is 172 Å². The highest BCUT2D eigenvalue weighted by molar-refractivity contribution is 5.84. The zero-order valence-corrected chi connectivity index (χ0v) is 16.7. The van der Waals surface area contributed by atoms with Crippen molar-refractivity contribution in [3.8, 4) is 0 Å². The highest BCUT2D eigenvalue weighted by Crippen LogP contribution is 2.32. The lowest BCUT2D eigenvalue weighted by atomic mass is 9.84. The molecule has 5 aromatic carbocycles. The molecule has 0 aliphatic rings.